The number of anilines is 2. The summed E-state index contributed by atoms with van der Waals surface area (Å²) in [5, 5.41) is 22.1. The first-order valence-corrected chi connectivity index (χ1v) is 16.4. The van der Waals surface area contributed by atoms with Gasteiger partial charge in [0.25, 0.3) is 5.91 Å². The van der Waals surface area contributed by atoms with Gasteiger partial charge in [-0.25, -0.2) is 0 Å². The van der Waals surface area contributed by atoms with Gasteiger partial charge in [-0.3, -0.25) is 14.4 Å². The first kappa shape index (κ1) is 31.2. The second-order valence-electron chi connectivity index (χ2n) is 12.2. The molecule has 0 aliphatic carbocycles. The SMILES string of the molecule is C[C@H](/C=C/CC(=O)N1Cc2ccccc2C[C@H]1CO)[C@@]1(O)C(=O)N(Cc2cccc(N3CCCCC3=O)c2)c2ccc(Br)cc21. The molecule has 1 fully saturated rings. The van der Waals surface area contributed by atoms with Crippen molar-refractivity contribution in [3.05, 3.63) is 106 Å². The quantitative estimate of drug-likeness (QED) is 0.320. The number of aliphatic hydroxyl groups excluding tert-OH is 1. The lowest BCUT2D eigenvalue weighted by atomic mass is 9.83. The summed E-state index contributed by atoms with van der Waals surface area (Å²) in [5.74, 6) is -1.08. The number of nitrogens with zero attached hydrogens (tertiary/aromatic N) is 3. The molecule has 45 heavy (non-hydrogen) atoms. The van der Waals surface area contributed by atoms with Crippen molar-refractivity contribution in [1.29, 1.82) is 0 Å². The van der Waals surface area contributed by atoms with Gasteiger partial charge in [0.05, 0.1) is 24.9 Å². The number of piperidine rings is 1. The van der Waals surface area contributed by atoms with Crippen LogP contribution in [-0.2, 0) is 39.5 Å². The summed E-state index contributed by atoms with van der Waals surface area (Å²) in [6.45, 7) is 3.02. The van der Waals surface area contributed by atoms with E-state index in [0.29, 0.717) is 37.2 Å². The zero-order valence-electron chi connectivity index (χ0n) is 25.4. The maximum absolute atomic E-state index is 14.1. The lowest BCUT2D eigenvalue weighted by molar-refractivity contribution is -0.139. The third-order valence-electron chi connectivity index (χ3n) is 9.38. The molecule has 3 amide bonds. The van der Waals surface area contributed by atoms with Crippen molar-refractivity contribution in [1.82, 2.24) is 4.90 Å². The van der Waals surface area contributed by atoms with Crippen molar-refractivity contribution in [2.45, 2.75) is 63.8 Å². The van der Waals surface area contributed by atoms with Gasteiger partial charge in [-0.2, -0.15) is 0 Å². The van der Waals surface area contributed by atoms with E-state index in [1.807, 2.05) is 60.7 Å². The molecule has 3 heterocycles. The molecular weight excluding hydrogens is 634 g/mol. The minimum atomic E-state index is -1.84. The number of rotatable bonds is 8. The van der Waals surface area contributed by atoms with Crippen LogP contribution in [0.1, 0.15) is 54.9 Å². The maximum atomic E-state index is 14.1. The molecule has 0 radical (unpaired) electrons. The van der Waals surface area contributed by atoms with Crippen LogP contribution in [-0.4, -0.2) is 52.0 Å². The number of benzene rings is 3. The van der Waals surface area contributed by atoms with Crippen molar-refractivity contribution >= 4 is 45.0 Å². The van der Waals surface area contributed by atoms with E-state index in [4.69, 9.17) is 0 Å². The second-order valence-corrected chi connectivity index (χ2v) is 13.2. The highest BCUT2D eigenvalue weighted by Crippen LogP contribution is 2.47. The van der Waals surface area contributed by atoms with Gasteiger partial charge in [-0.15, -0.1) is 0 Å². The van der Waals surface area contributed by atoms with Gasteiger partial charge in [-0.05, 0) is 66.3 Å². The zero-order chi connectivity index (χ0) is 31.7. The molecule has 0 spiro atoms. The Hall–Kier alpha value is -3.79. The van der Waals surface area contributed by atoms with Crippen molar-refractivity contribution < 1.29 is 24.6 Å². The lowest BCUT2D eigenvalue weighted by Gasteiger charge is -2.36. The Morgan fingerprint density at radius 1 is 1.07 bits per heavy atom. The fraction of sp³-hybridized carbons (Fsp3) is 0.361. The van der Waals surface area contributed by atoms with Crippen molar-refractivity contribution in [3.8, 4) is 0 Å². The predicted molar refractivity (Wildman–Crippen MR) is 176 cm³/mol. The van der Waals surface area contributed by atoms with Crippen molar-refractivity contribution in [2.75, 3.05) is 23.0 Å². The molecule has 1 saturated heterocycles. The fourth-order valence-corrected chi connectivity index (χ4v) is 7.19. The van der Waals surface area contributed by atoms with Crippen LogP contribution in [0.5, 0.6) is 0 Å². The van der Waals surface area contributed by atoms with E-state index >= 15 is 0 Å². The summed E-state index contributed by atoms with van der Waals surface area (Å²) in [6.07, 6.45) is 6.54. The third kappa shape index (κ3) is 5.96. The third-order valence-corrected chi connectivity index (χ3v) is 9.87. The minimum Gasteiger partial charge on any atom is -0.394 e. The van der Waals surface area contributed by atoms with Gasteiger partial charge in [0.15, 0.2) is 5.60 Å². The first-order chi connectivity index (χ1) is 21.7. The summed E-state index contributed by atoms with van der Waals surface area (Å²) < 4.78 is 0.742. The molecule has 9 heteroatoms. The number of amides is 3. The molecule has 0 saturated carbocycles. The molecular formula is C36H38BrN3O5. The summed E-state index contributed by atoms with van der Waals surface area (Å²) in [4.78, 5) is 45.0. The number of fused-ring (bicyclic) bond motifs is 2. The summed E-state index contributed by atoms with van der Waals surface area (Å²) in [5.41, 5.74) is 3.18. The highest BCUT2D eigenvalue weighted by molar-refractivity contribution is 9.10. The number of carbonyl (C=O) groups is 3. The lowest BCUT2D eigenvalue weighted by Crippen LogP contribution is -2.46. The van der Waals surface area contributed by atoms with E-state index in [2.05, 4.69) is 15.9 Å². The number of aliphatic hydroxyl groups is 2. The highest BCUT2D eigenvalue weighted by Gasteiger charge is 2.52. The van der Waals surface area contributed by atoms with Gasteiger partial charge >= 0.3 is 0 Å². The van der Waals surface area contributed by atoms with E-state index in [1.165, 1.54) is 0 Å². The van der Waals surface area contributed by atoms with Crippen LogP contribution in [0.2, 0.25) is 0 Å². The highest BCUT2D eigenvalue weighted by atomic mass is 79.9. The van der Waals surface area contributed by atoms with E-state index < -0.39 is 17.4 Å². The minimum absolute atomic E-state index is 0.0876. The van der Waals surface area contributed by atoms with Crippen LogP contribution in [0, 0.1) is 5.92 Å². The molecule has 3 aliphatic rings. The van der Waals surface area contributed by atoms with E-state index in [9.17, 15) is 24.6 Å². The summed E-state index contributed by atoms with van der Waals surface area (Å²) in [6, 6.07) is 20.8. The summed E-state index contributed by atoms with van der Waals surface area (Å²) >= 11 is 3.50. The Morgan fingerprint density at radius 3 is 2.64 bits per heavy atom. The second kappa shape index (κ2) is 12.9. The number of hydrogen-bond donors (Lipinski definition) is 2. The average Bonchev–Trinajstić information content (AvgIpc) is 3.26. The molecule has 3 aliphatic heterocycles. The topological polar surface area (TPSA) is 101 Å². The van der Waals surface area contributed by atoms with Crippen LogP contribution in [0.15, 0.2) is 83.4 Å². The first-order valence-electron chi connectivity index (χ1n) is 15.6. The average molecular weight is 673 g/mol. The molecule has 3 aromatic carbocycles. The molecule has 6 rings (SSSR count). The van der Waals surface area contributed by atoms with Gasteiger partial charge in [0.2, 0.25) is 11.8 Å². The van der Waals surface area contributed by atoms with Crippen LogP contribution < -0.4 is 9.80 Å². The smallest absolute Gasteiger partial charge is 0.264 e. The molecule has 2 N–H and O–H groups in total. The van der Waals surface area contributed by atoms with Crippen LogP contribution in [0.4, 0.5) is 11.4 Å². The standard InChI is InChI=1S/C36H38BrN3O5/c1-24(8-6-14-34(43)39-22-27-11-3-2-10-26(27)19-30(39)23-41)36(45)31-20-28(37)15-16-32(31)40(35(36)44)21-25-9-7-12-29(18-25)38-17-5-4-13-33(38)42/h2-3,6-12,15-16,18,20,24,30,41,45H,4-5,13-14,17,19,21-23H2,1H3/b8-6+/t24-,30+,36+/m1/s1. The van der Waals surface area contributed by atoms with Gasteiger partial charge < -0.3 is 24.9 Å². The van der Waals surface area contributed by atoms with E-state index in [0.717, 1.165) is 39.7 Å². The Kier molecular flexibility index (Phi) is 8.95. The Balaban J connectivity index is 1.20. The molecule has 0 bridgehead atoms. The number of hydrogen-bond acceptors (Lipinski definition) is 5. The van der Waals surface area contributed by atoms with Crippen LogP contribution in [0.3, 0.4) is 0 Å². The van der Waals surface area contributed by atoms with Gasteiger partial charge in [0, 0.05) is 47.6 Å². The molecule has 3 aromatic rings. The van der Waals surface area contributed by atoms with Gasteiger partial charge in [0.1, 0.15) is 0 Å². The fourth-order valence-electron chi connectivity index (χ4n) is 6.83. The molecule has 0 aromatic heterocycles. The van der Waals surface area contributed by atoms with E-state index in [1.54, 1.807) is 39.8 Å². The predicted octanol–water partition coefficient (Wildman–Crippen LogP) is 5.23. The maximum Gasteiger partial charge on any atom is 0.264 e. The number of halogens is 1. The van der Waals surface area contributed by atoms with E-state index in [-0.39, 0.29) is 37.4 Å². The number of carbonyl (C=O) groups excluding carboxylic acids is 3. The Bertz CT molecular complexity index is 1660. The monoisotopic (exact) mass is 671 g/mol. The van der Waals surface area contributed by atoms with Crippen LogP contribution >= 0.6 is 15.9 Å². The molecule has 0 unspecified atom stereocenters. The zero-order valence-corrected chi connectivity index (χ0v) is 26.9. The Labute approximate surface area is 272 Å². The molecule has 8 nitrogen and oxygen atoms in total. The molecule has 234 valence electrons. The normalized spacial score (nSPS) is 22.1. The summed E-state index contributed by atoms with van der Waals surface area (Å²) in [7, 11) is 0. The molecule has 3 atom stereocenters. The van der Waals surface area contributed by atoms with Crippen molar-refractivity contribution in [3.63, 3.8) is 0 Å². The Morgan fingerprint density at radius 2 is 1.87 bits per heavy atom. The van der Waals surface area contributed by atoms with Crippen LogP contribution in [0.25, 0.3) is 0 Å². The largest absolute Gasteiger partial charge is 0.394 e. The van der Waals surface area contributed by atoms with Gasteiger partial charge in [-0.1, -0.05) is 71.4 Å². The van der Waals surface area contributed by atoms with Crippen molar-refractivity contribution in [2.24, 2.45) is 5.92 Å².